The van der Waals surface area contributed by atoms with E-state index in [1.54, 1.807) is 6.07 Å². The van der Waals surface area contributed by atoms with E-state index in [1.165, 1.54) is 11.9 Å². The topological polar surface area (TPSA) is 86.8 Å². The highest BCUT2D eigenvalue weighted by Crippen LogP contribution is 2.24. The minimum Gasteiger partial charge on any atom is -0.357 e. The number of benzene rings is 2. The number of hydrogen-bond acceptors (Lipinski definition) is 4. The molecule has 0 spiro atoms. The molecule has 0 aromatic heterocycles. The van der Waals surface area contributed by atoms with Gasteiger partial charge in [0.05, 0.1) is 11.9 Å². The summed E-state index contributed by atoms with van der Waals surface area (Å²) >= 11 is 0. The van der Waals surface area contributed by atoms with Crippen LogP contribution < -0.4 is 9.62 Å². The average molecular weight is 460 g/mol. The van der Waals surface area contributed by atoms with Crippen LogP contribution in [0.15, 0.2) is 48.5 Å². The fourth-order valence-electron chi connectivity index (χ4n) is 3.65. The Bertz CT molecular complexity index is 1040. The first-order valence-corrected chi connectivity index (χ1v) is 12.5. The monoisotopic (exact) mass is 459 g/mol. The Labute approximate surface area is 191 Å². The highest BCUT2D eigenvalue weighted by atomic mass is 32.2. The van der Waals surface area contributed by atoms with Crippen LogP contribution in [0.5, 0.6) is 0 Å². The maximum absolute atomic E-state index is 13.5. The fraction of sp³-hybridized carbons (Fsp3) is 0.417. The van der Waals surface area contributed by atoms with Gasteiger partial charge in [0.2, 0.25) is 21.8 Å². The third-order valence-electron chi connectivity index (χ3n) is 5.43. The van der Waals surface area contributed by atoms with Crippen molar-refractivity contribution >= 4 is 27.5 Å². The first kappa shape index (κ1) is 25.4. The van der Waals surface area contributed by atoms with Gasteiger partial charge < -0.3 is 10.2 Å². The number of amides is 2. The van der Waals surface area contributed by atoms with E-state index in [1.807, 2.05) is 63.2 Å². The van der Waals surface area contributed by atoms with Gasteiger partial charge in [0.1, 0.15) is 12.6 Å². The average Bonchev–Trinajstić information content (AvgIpc) is 2.76. The molecule has 32 heavy (non-hydrogen) atoms. The molecule has 0 saturated heterocycles. The van der Waals surface area contributed by atoms with E-state index in [-0.39, 0.29) is 12.5 Å². The van der Waals surface area contributed by atoms with Crippen LogP contribution >= 0.6 is 0 Å². The van der Waals surface area contributed by atoms with Crippen molar-refractivity contribution in [1.82, 2.24) is 10.2 Å². The molecule has 7 nitrogen and oxygen atoms in total. The molecule has 0 fully saturated rings. The van der Waals surface area contributed by atoms with Gasteiger partial charge in [-0.15, -0.1) is 0 Å². The third-order valence-corrected chi connectivity index (χ3v) is 6.56. The summed E-state index contributed by atoms with van der Waals surface area (Å²) in [6, 6.07) is 14.5. The highest BCUT2D eigenvalue weighted by molar-refractivity contribution is 7.92. The summed E-state index contributed by atoms with van der Waals surface area (Å²) in [5, 5.41) is 2.62. The van der Waals surface area contributed by atoms with E-state index in [0.29, 0.717) is 25.1 Å². The molecule has 0 aliphatic heterocycles. The molecule has 0 unspecified atom stereocenters. The van der Waals surface area contributed by atoms with E-state index >= 15 is 0 Å². The second kappa shape index (κ2) is 11.1. The van der Waals surface area contributed by atoms with Crippen molar-refractivity contribution in [3.63, 3.8) is 0 Å². The predicted octanol–water partition coefficient (Wildman–Crippen LogP) is 2.67. The Morgan fingerprint density at radius 3 is 2.28 bits per heavy atom. The van der Waals surface area contributed by atoms with Gasteiger partial charge in [0.15, 0.2) is 0 Å². The Morgan fingerprint density at radius 1 is 1.06 bits per heavy atom. The van der Waals surface area contributed by atoms with E-state index in [9.17, 15) is 18.0 Å². The van der Waals surface area contributed by atoms with Crippen LogP contribution in [0.25, 0.3) is 0 Å². The number of anilines is 1. The number of likely N-dealkylation sites (N-methyl/N-ethyl adjacent to an activating group) is 1. The number of aryl methyl sites for hydroxylation is 2. The number of carbonyl (C=O) groups is 2. The Hall–Kier alpha value is -2.87. The zero-order valence-electron chi connectivity index (χ0n) is 19.5. The summed E-state index contributed by atoms with van der Waals surface area (Å²) in [6.45, 7) is 5.45. The minimum absolute atomic E-state index is 0.272. The van der Waals surface area contributed by atoms with Crippen molar-refractivity contribution in [2.45, 2.75) is 39.7 Å². The molecule has 1 N–H and O–H groups in total. The van der Waals surface area contributed by atoms with Crippen molar-refractivity contribution in [2.24, 2.45) is 0 Å². The summed E-state index contributed by atoms with van der Waals surface area (Å²) in [5.41, 5.74) is 3.15. The predicted molar refractivity (Wildman–Crippen MR) is 128 cm³/mol. The molecule has 0 bridgehead atoms. The molecule has 2 rings (SSSR count). The summed E-state index contributed by atoms with van der Waals surface area (Å²) in [6.07, 6.45) is 2.07. The Balaban J connectivity index is 2.38. The van der Waals surface area contributed by atoms with Crippen molar-refractivity contribution < 1.29 is 18.0 Å². The molecule has 1 atom stereocenters. The summed E-state index contributed by atoms with van der Waals surface area (Å²) < 4.78 is 26.4. The first-order valence-electron chi connectivity index (χ1n) is 10.7. The maximum Gasteiger partial charge on any atom is 0.244 e. The van der Waals surface area contributed by atoms with Gasteiger partial charge in [-0.05, 0) is 49.4 Å². The second-order valence-electron chi connectivity index (χ2n) is 7.92. The molecule has 2 aromatic rings. The molecule has 0 saturated carbocycles. The van der Waals surface area contributed by atoms with Crippen LogP contribution in [0.1, 0.15) is 30.0 Å². The van der Waals surface area contributed by atoms with Crippen LogP contribution in [-0.4, -0.2) is 57.6 Å². The molecule has 2 amide bonds. The molecule has 0 radical (unpaired) electrons. The smallest absolute Gasteiger partial charge is 0.244 e. The van der Waals surface area contributed by atoms with Crippen LogP contribution in [0.3, 0.4) is 0 Å². The van der Waals surface area contributed by atoms with E-state index in [4.69, 9.17) is 0 Å². The zero-order valence-corrected chi connectivity index (χ0v) is 20.3. The van der Waals surface area contributed by atoms with Crippen LogP contribution in [0, 0.1) is 13.8 Å². The van der Waals surface area contributed by atoms with E-state index in [2.05, 4.69) is 5.32 Å². The van der Waals surface area contributed by atoms with Gasteiger partial charge >= 0.3 is 0 Å². The third kappa shape index (κ3) is 6.56. The molecule has 174 valence electrons. The molecule has 0 aliphatic carbocycles. The standard InChI is InChI=1S/C24H33N3O4S/c1-6-21(24(29)25-4)26(15-14-20-10-8-7-9-11-20)23(28)17-27(32(5,30)31)22-16-18(2)12-13-19(22)3/h7-13,16,21H,6,14-15,17H2,1-5H3,(H,25,29)/t21-/m1/s1. The fourth-order valence-corrected chi connectivity index (χ4v) is 4.54. The number of nitrogens with one attached hydrogen (secondary N) is 1. The van der Waals surface area contributed by atoms with Crippen LogP contribution in [0.4, 0.5) is 5.69 Å². The second-order valence-corrected chi connectivity index (χ2v) is 9.83. The molecular weight excluding hydrogens is 426 g/mol. The van der Waals surface area contributed by atoms with Crippen molar-refractivity contribution in [2.75, 3.05) is 30.7 Å². The Kier molecular flexibility index (Phi) is 8.83. The summed E-state index contributed by atoms with van der Waals surface area (Å²) in [5.74, 6) is -0.686. The lowest BCUT2D eigenvalue weighted by Gasteiger charge is -2.33. The van der Waals surface area contributed by atoms with Crippen molar-refractivity contribution in [1.29, 1.82) is 0 Å². The lowest BCUT2D eigenvalue weighted by atomic mass is 10.1. The largest absolute Gasteiger partial charge is 0.357 e. The quantitative estimate of drug-likeness (QED) is 0.592. The van der Waals surface area contributed by atoms with Gasteiger partial charge in [0, 0.05) is 13.6 Å². The molecule has 0 heterocycles. The number of rotatable bonds is 10. The zero-order chi connectivity index (χ0) is 23.9. The van der Waals surface area contributed by atoms with Crippen molar-refractivity contribution in [3.05, 3.63) is 65.2 Å². The number of sulfonamides is 1. The first-order chi connectivity index (χ1) is 15.1. The number of carbonyl (C=O) groups excluding carboxylic acids is 2. The summed E-state index contributed by atoms with van der Waals surface area (Å²) in [7, 11) is -2.19. The van der Waals surface area contributed by atoms with Crippen LogP contribution in [-0.2, 0) is 26.0 Å². The molecule has 8 heteroatoms. The lowest BCUT2D eigenvalue weighted by molar-refractivity contribution is -0.139. The van der Waals surface area contributed by atoms with Gasteiger partial charge in [-0.25, -0.2) is 8.42 Å². The summed E-state index contributed by atoms with van der Waals surface area (Å²) in [4.78, 5) is 27.5. The van der Waals surface area contributed by atoms with Gasteiger partial charge in [-0.2, -0.15) is 0 Å². The molecule has 0 aliphatic rings. The number of hydrogen-bond donors (Lipinski definition) is 1. The highest BCUT2D eigenvalue weighted by Gasteiger charge is 2.31. The van der Waals surface area contributed by atoms with Gasteiger partial charge in [-0.1, -0.05) is 49.4 Å². The van der Waals surface area contributed by atoms with Gasteiger partial charge in [0.25, 0.3) is 0 Å². The molecular formula is C24H33N3O4S. The van der Waals surface area contributed by atoms with Gasteiger partial charge in [-0.3, -0.25) is 13.9 Å². The number of nitrogens with zero attached hydrogens (tertiary/aromatic N) is 2. The van der Waals surface area contributed by atoms with Crippen molar-refractivity contribution in [3.8, 4) is 0 Å². The lowest BCUT2D eigenvalue weighted by Crippen LogP contribution is -2.52. The molecule has 2 aromatic carbocycles. The SMILES string of the molecule is CC[C@H](C(=O)NC)N(CCc1ccccc1)C(=O)CN(c1cc(C)ccc1C)S(C)(=O)=O. The van der Waals surface area contributed by atoms with E-state index in [0.717, 1.165) is 27.3 Å². The maximum atomic E-state index is 13.5. The normalized spacial score (nSPS) is 12.2. The Morgan fingerprint density at radius 2 is 1.72 bits per heavy atom. The minimum atomic E-state index is -3.73. The van der Waals surface area contributed by atoms with E-state index < -0.39 is 22.0 Å². The van der Waals surface area contributed by atoms with Crippen LogP contribution in [0.2, 0.25) is 0 Å².